The number of para-hydroxylation sites is 3. The van der Waals surface area contributed by atoms with E-state index in [1.807, 2.05) is 60.7 Å². The van der Waals surface area contributed by atoms with Crippen molar-refractivity contribution in [1.29, 1.82) is 0 Å². The van der Waals surface area contributed by atoms with Gasteiger partial charge >= 0.3 is 0 Å². The normalized spacial score (nSPS) is 11.6. The summed E-state index contributed by atoms with van der Waals surface area (Å²) >= 11 is 0. The molecule has 0 fully saturated rings. The number of hydrogen-bond donors (Lipinski definition) is 0. The van der Waals surface area contributed by atoms with E-state index in [1.54, 1.807) is 0 Å². The lowest BCUT2D eigenvalue weighted by atomic mass is 9.93. The molecule has 0 radical (unpaired) electrons. The van der Waals surface area contributed by atoms with Gasteiger partial charge in [0.2, 0.25) is 0 Å². The highest BCUT2D eigenvalue weighted by atomic mass is 16.3. The van der Waals surface area contributed by atoms with Crippen molar-refractivity contribution in [2.45, 2.75) is 0 Å². The van der Waals surface area contributed by atoms with Crippen LogP contribution in [0.4, 0.5) is 0 Å². The summed E-state index contributed by atoms with van der Waals surface area (Å²) < 4.78 is 13.5. The minimum absolute atomic E-state index is 0.543. The maximum absolute atomic E-state index is 7.03. The fraction of sp³-hybridized carbons (Fsp3) is 0. The SMILES string of the molecule is c1ccc(-c2ccc(-c3nc(-c4ccccc4)nc(-c4cccc5c4oc4c(-c6cc(-c7ccccc7)cc7oc8ccccc8c67)cccc45)n3)cc2)cc1. The van der Waals surface area contributed by atoms with Crippen molar-refractivity contribution < 1.29 is 8.83 Å². The second-order valence-electron chi connectivity index (χ2n) is 13.9. The van der Waals surface area contributed by atoms with Gasteiger partial charge in [0.1, 0.15) is 22.3 Å². The van der Waals surface area contributed by atoms with E-state index in [2.05, 4.69) is 127 Å². The topological polar surface area (TPSA) is 65.0 Å². The van der Waals surface area contributed by atoms with E-state index in [1.165, 1.54) is 0 Å². The van der Waals surface area contributed by atoms with Gasteiger partial charge in [-0.05, 0) is 52.1 Å². The molecule has 0 bridgehead atoms. The summed E-state index contributed by atoms with van der Waals surface area (Å²) in [4.78, 5) is 15.2. The Kier molecular flexibility index (Phi) is 7.42. The Balaban J connectivity index is 1.12. The summed E-state index contributed by atoms with van der Waals surface area (Å²) in [6.45, 7) is 0. The standard InChI is InChI=1S/C51H31N3O2/c1-4-14-32(15-5-1)34-26-28-36(29-27-34)50-52-49(35-18-8-3-9-19-35)53-51(54-50)42-24-13-22-39-38-21-12-23-40(47(38)56-48(39)42)43-30-37(33-16-6-2-7-17-33)31-45-46(43)41-20-10-11-25-44(41)55-45/h1-31H. The van der Waals surface area contributed by atoms with Crippen molar-refractivity contribution >= 4 is 43.9 Å². The molecule has 5 nitrogen and oxygen atoms in total. The molecule has 5 heteroatoms. The van der Waals surface area contributed by atoms with Crippen LogP contribution in [0.1, 0.15) is 0 Å². The van der Waals surface area contributed by atoms with E-state index in [9.17, 15) is 0 Å². The Hall–Kier alpha value is -7.63. The molecular formula is C51H31N3O2. The second kappa shape index (κ2) is 13.0. The van der Waals surface area contributed by atoms with Crippen LogP contribution in [-0.2, 0) is 0 Å². The molecule has 3 aromatic heterocycles. The van der Waals surface area contributed by atoms with Gasteiger partial charge in [0.05, 0.1) is 5.56 Å². The van der Waals surface area contributed by atoms with Gasteiger partial charge in [0.25, 0.3) is 0 Å². The number of rotatable bonds is 6. The maximum Gasteiger partial charge on any atom is 0.167 e. The van der Waals surface area contributed by atoms with Gasteiger partial charge in [-0.25, -0.2) is 15.0 Å². The van der Waals surface area contributed by atoms with Gasteiger partial charge in [-0.2, -0.15) is 0 Å². The predicted octanol–water partition coefficient (Wildman–Crippen LogP) is 13.7. The Morgan fingerprint density at radius 2 is 0.768 bits per heavy atom. The third kappa shape index (κ3) is 5.37. The van der Waals surface area contributed by atoms with Crippen LogP contribution in [0.5, 0.6) is 0 Å². The maximum atomic E-state index is 7.03. The molecular weight excluding hydrogens is 687 g/mol. The zero-order valence-corrected chi connectivity index (χ0v) is 30.1. The Labute approximate surface area is 322 Å². The third-order valence-corrected chi connectivity index (χ3v) is 10.6. The summed E-state index contributed by atoms with van der Waals surface area (Å²) in [7, 11) is 0. The Morgan fingerprint density at radius 3 is 1.45 bits per heavy atom. The van der Waals surface area contributed by atoms with E-state index in [-0.39, 0.29) is 0 Å². The summed E-state index contributed by atoms with van der Waals surface area (Å²) in [5.41, 5.74) is 12.3. The van der Waals surface area contributed by atoms with E-state index >= 15 is 0 Å². The van der Waals surface area contributed by atoms with Gasteiger partial charge in [0, 0.05) is 38.2 Å². The van der Waals surface area contributed by atoms with E-state index in [0.717, 1.165) is 93.9 Å². The molecule has 11 aromatic rings. The van der Waals surface area contributed by atoms with Crippen molar-refractivity contribution in [3.63, 3.8) is 0 Å². The summed E-state index contributed by atoms with van der Waals surface area (Å²) in [6, 6.07) is 64.4. The molecule has 0 saturated carbocycles. The van der Waals surface area contributed by atoms with Crippen LogP contribution in [0, 0.1) is 0 Å². The van der Waals surface area contributed by atoms with Crippen molar-refractivity contribution in [2.24, 2.45) is 0 Å². The molecule has 0 saturated heterocycles. The van der Waals surface area contributed by atoms with Crippen LogP contribution >= 0.6 is 0 Å². The van der Waals surface area contributed by atoms with Crippen molar-refractivity contribution in [3.05, 3.63) is 188 Å². The Morgan fingerprint density at radius 1 is 0.286 bits per heavy atom. The highest BCUT2D eigenvalue weighted by Gasteiger charge is 2.22. The summed E-state index contributed by atoms with van der Waals surface area (Å²) in [5.74, 6) is 1.73. The summed E-state index contributed by atoms with van der Waals surface area (Å²) in [6.07, 6.45) is 0. The molecule has 0 aliphatic carbocycles. The molecule has 0 amide bonds. The van der Waals surface area contributed by atoms with E-state index in [4.69, 9.17) is 23.8 Å². The number of furan rings is 2. The predicted molar refractivity (Wildman–Crippen MR) is 227 cm³/mol. The van der Waals surface area contributed by atoms with Gasteiger partial charge in [-0.15, -0.1) is 0 Å². The molecule has 8 aromatic carbocycles. The molecule has 11 rings (SSSR count). The Bertz CT molecular complexity index is 3220. The minimum atomic E-state index is 0.543. The van der Waals surface area contributed by atoms with Crippen LogP contribution in [0.3, 0.4) is 0 Å². The number of aromatic nitrogens is 3. The molecule has 0 atom stereocenters. The first-order valence-corrected chi connectivity index (χ1v) is 18.7. The lowest BCUT2D eigenvalue weighted by molar-refractivity contribution is 0.669. The van der Waals surface area contributed by atoms with E-state index in [0.29, 0.717) is 17.5 Å². The number of nitrogens with zero attached hydrogens (tertiary/aromatic N) is 3. The molecule has 3 heterocycles. The first-order valence-electron chi connectivity index (χ1n) is 18.7. The monoisotopic (exact) mass is 717 g/mol. The number of benzene rings is 8. The van der Waals surface area contributed by atoms with Crippen LogP contribution < -0.4 is 0 Å². The first kappa shape index (κ1) is 31.9. The fourth-order valence-corrected chi connectivity index (χ4v) is 7.86. The average molecular weight is 718 g/mol. The average Bonchev–Trinajstić information content (AvgIpc) is 3.86. The largest absolute Gasteiger partial charge is 0.456 e. The zero-order valence-electron chi connectivity index (χ0n) is 30.1. The highest BCUT2D eigenvalue weighted by molar-refractivity contribution is 6.19. The quantitative estimate of drug-likeness (QED) is 0.171. The smallest absolute Gasteiger partial charge is 0.167 e. The molecule has 262 valence electrons. The second-order valence-corrected chi connectivity index (χ2v) is 13.9. The molecule has 0 aliphatic heterocycles. The van der Waals surface area contributed by atoms with Crippen LogP contribution in [0.25, 0.3) is 111 Å². The zero-order chi connectivity index (χ0) is 37.0. The highest BCUT2D eigenvalue weighted by Crippen LogP contribution is 2.45. The number of fused-ring (bicyclic) bond motifs is 6. The fourth-order valence-electron chi connectivity index (χ4n) is 7.86. The van der Waals surface area contributed by atoms with Gasteiger partial charge < -0.3 is 8.83 Å². The molecule has 0 spiro atoms. The lowest BCUT2D eigenvalue weighted by Crippen LogP contribution is -2.00. The molecule has 0 N–H and O–H groups in total. The first-order chi connectivity index (χ1) is 27.7. The van der Waals surface area contributed by atoms with Crippen molar-refractivity contribution in [1.82, 2.24) is 15.0 Å². The van der Waals surface area contributed by atoms with Crippen LogP contribution in [-0.4, -0.2) is 15.0 Å². The van der Waals surface area contributed by atoms with E-state index < -0.39 is 0 Å². The number of hydrogen-bond acceptors (Lipinski definition) is 5. The van der Waals surface area contributed by atoms with Gasteiger partial charge in [-0.3, -0.25) is 0 Å². The van der Waals surface area contributed by atoms with Crippen LogP contribution in [0.15, 0.2) is 197 Å². The van der Waals surface area contributed by atoms with Gasteiger partial charge in [0.15, 0.2) is 17.5 Å². The molecule has 0 aliphatic rings. The van der Waals surface area contributed by atoms with Gasteiger partial charge in [-0.1, -0.05) is 164 Å². The third-order valence-electron chi connectivity index (χ3n) is 10.6. The lowest BCUT2D eigenvalue weighted by Gasteiger charge is -2.09. The van der Waals surface area contributed by atoms with Crippen LogP contribution in [0.2, 0.25) is 0 Å². The summed E-state index contributed by atoms with van der Waals surface area (Å²) in [5, 5.41) is 4.12. The van der Waals surface area contributed by atoms with Crippen molar-refractivity contribution in [3.8, 4) is 67.5 Å². The molecule has 56 heavy (non-hydrogen) atoms. The molecule has 0 unspecified atom stereocenters. The van der Waals surface area contributed by atoms with Crippen molar-refractivity contribution in [2.75, 3.05) is 0 Å². The minimum Gasteiger partial charge on any atom is -0.456 e.